The van der Waals surface area contributed by atoms with Crippen molar-refractivity contribution in [3.05, 3.63) is 0 Å². The highest BCUT2D eigenvalue weighted by Crippen LogP contribution is 2.13. The fourth-order valence-electron chi connectivity index (χ4n) is 3.11. The van der Waals surface area contributed by atoms with Crippen molar-refractivity contribution >= 4 is 11.9 Å². The molecule has 27 heavy (non-hydrogen) atoms. The van der Waals surface area contributed by atoms with Crippen molar-refractivity contribution in [1.29, 1.82) is 0 Å². The van der Waals surface area contributed by atoms with Crippen LogP contribution in [0.3, 0.4) is 0 Å². The number of rotatable bonds is 19. The molecule has 0 aromatic rings. The number of unbranched alkanes of at least 4 members (excludes halogenated alkanes) is 11. The van der Waals surface area contributed by atoms with Gasteiger partial charge in [-0.05, 0) is 19.8 Å². The van der Waals surface area contributed by atoms with E-state index in [2.05, 4.69) is 12.2 Å². The van der Waals surface area contributed by atoms with Crippen molar-refractivity contribution in [3.8, 4) is 0 Å². The van der Waals surface area contributed by atoms with Crippen molar-refractivity contribution in [2.45, 2.75) is 116 Å². The van der Waals surface area contributed by atoms with Gasteiger partial charge in [-0.15, -0.1) is 0 Å². The Balaban J connectivity index is 3.38. The Kier molecular flexibility index (Phi) is 18.9. The first kappa shape index (κ1) is 25.9. The zero-order valence-corrected chi connectivity index (χ0v) is 17.8. The van der Waals surface area contributed by atoms with Crippen LogP contribution in [-0.4, -0.2) is 36.2 Å². The van der Waals surface area contributed by atoms with Crippen LogP contribution in [0.1, 0.15) is 110 Å². The van der Waals surface area contributed by atoms with Crippen molar-refractivity contribution in [3.63, 3.8) is 0 Å². The summed E-state index contributed by atoms with van der Waals surface area (Å²) in [5.74, 6) is -0.578. The summed E-state index contributed by atoms with van der Waals surface area (Å²) in [6.45, 7) is 4.79. The number of esters is 1. The molecule has 0 fully saturated rings. The predicted molar refractivity (Wildman–Crippen MR) is 111 cm³/mol. The van der Waals surface area contributed by atoms with Crippen LogP contribution in [0.4, 0.5) is 0 Å². The van der Waals surface area contributed by atoms with Crippen molar-refractivity contribution in [2.24, 2.45) is 0 Å². The molecular weight excluding hydrogens is 342 g/mol. The normalized spacial score (nSPS) is 12.0. The number of aliphatic hydroxyl groups excluding tert-OH is 1. The van der Waals surface area contributed by atoms with Gasteiger partial charge in [0.15, 0.2) is 0 Å². The standard InChI is InChI=1S/C22H43NO4/c1-3-5-6-7-8-9-10-11-12-13-14-15-17-20(24)22(26)23-19-16-18-21(25)27-4-2/h20,24H,3-19H2,1-2H3,(H,23,26)/t20-/m0/s1. The molecule has 0 aromatic heterocycles. The van der Waals surface area contributed by atoms with Crippen LogP contribution in [0, 0.1) is 0 Å². The van der Waals surface area contributed by atoms with Gasteiger partial charge in [0.05, 0.1) is 6.61 Å². The SMILES string of the molecule is CCCCCCCCCCCCCC[C@H](O)C(=O)NCCCC(=O)OCC. The Morgan fingerprint density at radius 2 is 1.33 bits per heavy atom. The van der Waals surface area contributed by atoms with Crippen LogP contribution in [0.5, 0.6) is 0 Å². The van der Waals surface area contributed by atoms with E-state index in [0.29, 0.717) is 32.4 Å². The van der Waals surface area contributed by atoms with E-state index in [1.807, 2.05) is 0 Å². The third kappa shape index (κ3) is 18.0. The molecule has 0 saturated heterocycles. The number of aliphatic hydroxyl groups is 1. The number of amides is 1. The van der Waals surface area contributed by atoms with Crippen LogP contribution in [-0.2, 0) is 14.3 Å². The van der Waals surface area contributed by atoms with E-state index in [1.54, 1.807) is 6.92 Å². The second kappa shape index (κ2) is 19.7. The van der Waals surface area contributed by atoms with Gasteiger partial charge in [0.25, 0.3) is 0 Å². The minimum absolute atomic E-state index is 0.246. The third-order valence-corrected chi connectivity index (χ3v) is 4.80. The molecule has 0 aliphatic rings. The van der Waals surface area contributed by atoms with Crippen molar-refractivity contribution in [1.82, 2.24) is 5.32 Å². The van der Waals surface area contributed by atoms with E-state index in [9.17, 15) is 14.7 Å². The topological polar surface area (TPSA) is 75.6 Å². The van der Waals surface area contributed by atoms with Gasteiger partial charge in [-0.3, -0.25) is 9.59 Å². The summed E-state index contributed by atoms with van der Waals surface area (Å²) in [4.78, 5) is 22.9. The molecule has 5 heteroatoms. The van der Waals surface area contributed by atoms with Gasteiger partial charge < -0.3 is 15.2 Å². The maximum absolute atomic E-state index is 11.8. The molecule has 0 radical (unpaired) electrons. The van der Waals surface area contributed by atoms with Gasteiger partial charge in [0.2, 0.25) is 5.91 Å². The fraction of sp³-hybridized carbons (Fsp3) is 0.909. The minimum Gasteiger partial charge on any atom is -0.466 e. The van der Waals surface area contributed by atoms with Crippen LogP contribution in [0.15, 0.2) is 0 Å². The molecule has 0 aromatic carbocycles. The number of ether oxygens (including phenoxy) is 1. The Morgan fingerprint density at radius 3 is 1.85 bits per heavy atom. The second-order valence-corrected chi connectivity index (χ2v) is 7.39. The molecule has 0 spiro atoms. The molecule has 2 N–H and O–H groups in total. The van der Waals surface area contributed by atoms with Gasteiger partial charge in [-0.1, -0.05) is 84.0 Å². The van der Waals surface area contributed by atoms with Crippen LogP contribution >= 0.6 is 0 Å². The summed E-state index contributed by atoms with van der Waals surface area (Å²) in [7, 11) is 0. The molecule has 0 rings (SSSR count). The summed E-state index contributed by atoms with van der Waals surface area (Å²) >= 11 is 0. The Hall–Kier alpha value is -1.10. The zero-order chi connectivity index (χ0) is 20.2. The lowest BCUT2D eigenvalue weighted by molar-refractivity contribution is -0.143. The summed E-state index contributed by atoms with van der Waals surface area (Å²) < 4.78 is 4.82. The minimum atomic E-state index is -0.935. The van der Waals surface area contributed by atoms with E-state index < -0.39 is 6.10 Å². The Bertz CT molecular complexity index is 360. The first-order valence-electron chi connectivity index (χ1n) is 11.2. The number of hydrogen-bond acceptors (Lipinski definition) is 4. The third-order valence-electron chi connectivity index (χ3n) is 4.80. The summed E-state index contributed by atoms with van der Waals surface area (Å²) in [6, 6.07) is 0. The highest BCUT2D eigenvalue weighted by molar-refractivity contribution is 5.80. The lowest BCUT2D eigenvalue weighted by Gasteiger charge is -2.11. The monoisotopic (exact) mass is 385 g/mol. The molecule has 0 heterocycles. The summed E-state index contributed by atoms with van der Waals surface area (Å²) in [6.07, 6.45) is 15.6. The number of carbonyl (C=O) groups is 2. The van der Waals surface area contributed by atoms with Crippen molar-refractivity contribution in [2.75, 3.05) is 13.2 Å². The first-order chi connectivity index (χ1) is 13.1. The average molecular weight is 386 g/mol. The van der Waals surface area contributed by atoms with Gasteiger partial charge in [-0.2, -0.15) is 0 Å². The second-order valence-electron chi connectivity index (χ2n) is 7.39. The molecule has 160 valence electrons. The highest BCUT2D eigenvalue weighted by Gasteiger charge is 2.13. The van der Waals surface area contributed by atoms with E-state index in [1.165, 1.54) is 64.2 Å². The average Bonchev–Trinajstić information content (AvgIpc) is 2.66. The van der Waals surface area contributed by atoms with Crippen LogP contribution in [0.2, 0.25) is 0 Å². The molecule has 0 saturated carbocycles. The Morgan fingerprint density at radius 1 is 0.815 bits per heavy atom. The van der Waals surface area contributed by atoms with Gasteiger partial charge in [0, 0.05) is 13.0 Å². The number of nitrogens with one attached hydrogen (secondary N) is 1. The first-order valence-corrected chi connectivity index (χ1v) is 11.2. The number of hydrogen-bond donors (Lipinski definition) is 2. The lowest BCUT2D eigenvalue weighted by Crippen LogP contribution is -2.35. The van der Waals surface area contributed by atoms with E-state index in [4.69, 9.17) is 4.74 Å². The van der Waals surface area contributed by atoms with Crippen LogP contribution in [0.25, 0.3) is 0 Å². The molecule has 0 aliphatic carbocycles. The van der Waals surface area contributed by atoms with Gasteiger partial charge in [-0.25, -0.2) is 0 Å². The van der Waals surface area contributed by atoms with E-state index >= 15 is 0 Å². The summed E-state index contributed by atoms with van der Waals surface area (Å²) in [5.41, 5.74) is 0. The molecule has 0 aliphatic heterocycles. The largest absolute Gasteiger partial charge is 0.466 e. The quantitative estimate of drug-likeness (QED) is 0.245. The van der Waals surface area contributed by atoms with Gasteiger partial charge in [0.1, 0.15) is 6.10 Å². The fourth-order valence-corrected chi connectivity index (χ4v) is 3.11. The van der Waals surface area contributed by atoms with Crippen LogP contribution < -0.4 is 5.32 Å². The Labute approximate surface area is 166 Å². The maximum Gasteiger partial charge on any atom is 0.305 e. The van der Waals surface area contributed by atoms with E-state index in [0.717, 1.165) is 12.8 Å². The van der Waals surface area contributed by atoms with Crippen molar-refractivity contribution < 1.29 is 19.4 Å². The molecule has 0 bridgehead atoms. The lowest BCUT2D eigenvalue weighted by atomic mass is 10.0. The zero-order valence-electron chi connectivity index (χ0n) is 17.8. The summed E-state index contributed by atoms with van der Waals surface area (Å²) in [5, 5.41) is 12.5. The number of carbonyl (C=O) groups excluding carboxylic acids is 2. The molecular formula is C22H43NO4. The molecule has 1 atom stereocenters. The van der Waals surface area contributed by atoms with Gasteiger partial charge >= 0.3 is 5.97 Å². The van der Waals surface area contributed by atoms with E-state index in [-0.39, 0.29) is 11.9 Å². The molecule has 5 nitrogen and oxygen atoms in total. The maximum atomic E-state index is 11.8. The highest BCUT2D eigenvalue weighted by atomic mass is 16.5. The predicted octanol–water partition coefficient (Wildman–Crippen LogP) is 4.90. The smallest absolute Gasteiger partial charge is 0.305 e. The molecule has 1 amide bonds. The molecule has 0 unspecified atom stereocenters.